The minimum Gasteiger partial charge on any atom is -0.368 e. The molecule has 130 valence electrons. The maximum Gasteiger partial charge on any atom is 0.251 e. The fourth-order valence-corrected chi connectivity index (χ4v) is 3.09. The number of nitrogens with zero attached hydrogens (tertiary/aromatic N) is 3. The van der Waals surface area contributed by atoms with E-state index in [0.717, 1.165) is 33.9 Å². The molecule has 6 heteroatoms. The molecule has 0 bridgehead atoms. The molecule has 2 heterocycles. The van der Waals surface area contributed by atoms with E-state index in [1.165, 1.54) is 0 Å². The number of nitrogens with two attached hydrogens (primary N) is 1. The van der Waals surface area contributed by atoms with Crippen LogP contribution in [0.5, 0.6) is 0 Å². The van der Waals surface area contributed by atoms with Gasteiger partial charge in [0.05, 0.1) is 5.52 Å². The number of hydrogen-bond donors (Lipinski definition) is 2. The van der Waals surface area contributed by atoms with Crippen molar-refractivity contribution in [3.8, 4) is 0 Å². The zero-order chi connectivity index (χ0) is 18.1. The largest absolute Gasteiger partial charge is 0.368 e. The molecule has 0 aliphatic rings. The third kappa shape index (κ3) is 2.97. The molecule has 4 aromatic rings. The third-order valence-electron chi connectivity index (χ3n) is 4.49. The highest BCUT2D eigenvalue weighted by molar-refractivity contribution is 5.98. The van der Waals surface area contributed by atoms with Gasteiger partial charge in [-0.1, -0.05) is 12.1 Å². The van der Waals surface area contributed by atoms with Crippen LogP contribution >= 0.6 is 0 Å². The number of amides is 1. The molecule has 0 aliphatic carbocycles. The average molecular weight is 345 g/mol. The van der Waals surface area contributed by atoms with Gasteiger partial charge in [-0.25, -0.2) is 9.97 Å². The van der Waals surface area contributed by atoms with Crippen molar-refractivity contribution in [3.63, 3.8) is 0 Å². The van der Waals surface area contributed by atoms with E-state index in [-0.39, 0.29) is 11.9 Å². The highest BCUT2D eigenvalue weighted by Gasteiger charge is 2.09. The number of aryl methyl sites for hydroxylation is 1. The van der Waals surface area contributed by atoms with E-state index in [1.54, 1.807) is 6.20 Å². The minimum atomic E-state index is -0.0931. The molecule has 0 aliphatic heterocycles. The first kappa shape index (κ1) is 16.1. The van der Waals surface area contributed by atoms with Crippen LogP contribution in [0.2, 0.25) is 0 Å². The SMILES string of the molecule is CCn1ccc2ccc(C(=O)NCc3ccc4nc(N)ncc4c3)cc21. The van der Waals surface area contributed by atoms with Crippen LogP contribution in [0.4, 0.5) is 5.95 Å². The Kier molecular flexibility index (Phi) is 4.01. The fraction of sp³-hybridized carbons (Fsp3) is 0.150. The van der Waals surface area contributed by atoms with Crippen LogP contribution in [0.15, 0.2) is 54.9 Å². The monoisotopic (exact) mass is 345 g/mol. The summed E-state index contributed by atoms with van der Waals surface area (Å²) in [5.74, 6) is 0.162. The standard InChI is InChI=1S/C20H19N5O/c1-2-25-8-7-14-4-5-15(10-18(14)25)19(26)22-11-13-3-6-17-16(9-13)12-23-20(21)24-17/h3-10,12H,2,11H2,1H3,(H,22,26)(H2,21,23,24). The van der Waals surface area contributed by atoms with Gasteiger partial charge in [-0.15, -0.1) is 0 Å². The molecular formula is C20H19N5O. The Labute approximate surface area is 150 Å². The maximum absolute atomic E-state index is 12.5. The summed E-state index contributed by atoms with van der Waals surface area (Å²) in [5, 5.41) is 5.00. The van der Waals surface area contributed by atoms with Gasteiger partial charge in [-0.2, -0.15) is 0 Å². The average Bonchev–Trinajstić information content (AvgIpc) is 3.08. The number of aromatic nitrogens is 3. The fourth-order valence-electron chi connectivity index (χ4n) is 3.09. The van der Waals surface area contributed by atoms with Gasteiger partial charge in [0.15, 0.2) is 0 Å². The van der Waals surface area contributed by atoms with Gasteiger partial charge in [0.1, 0.15) is 0 Å². The predicted molar refractivity (Wildman–Crippen MR) is 103 cm³/mol. The Morgan fingerprint density at radius 1 is 1.15 bits per heavy atom. The molecule has 0 spiro atoms. The molecule has 0 unspecified atom stereocenters. The van der Waals surface area contributed by atoms with E-state index in [1.807, 2.05) is 42.6 Å². The Bertz CT molecular complexity index is 1120. The van der Waals surface area contributed by atoms with Crippen molar-refractivity contribution >= 4 is 33.7 Å². The van der Waals surface area contributed by atoms with E-state index in [9.17, 15) is 4.79 Å². The van der Waals surface area contributed by atoms with Crippen LogP contribution in [0.3, 0.4) is 0 Å². The van der Waals surface area contributed by atoms with Crippen molar-refractivity contribution in [3.05, 3.63) is 66.0 Å². The van der Waals surface area contributed by atoms with Gasteiger partial charge in [0.25, 0.3) is 5.91 Å². The van der Waals surface area contributed by atoms with Crippen molar-refractivity contribution in [1.29, 1.82) is 0 Å². The van der Waals surface area contributed by atoms with Crippen LogP contribution in [0, 0.1) is 0 Å². The molecule has 0 atom stereocenters. The number of fused-ring (bicyclic) bond motifs is 2. The van der Waals surface area contributed by atoms with Gasteiger partial charge in [0.2, 0.25) is 5.95 Å². The Morgan fingerprint density at radius 3 is 2.88 bits per heavy atom. The van der Waals surface area contributed by atoms with Gasteiger partial charge in [-0.05, 0) is 48.2 Å². The number of rotatable bonds is 4. The van der Waals surface area contributed by atoms with Crippen LogP contribution in [0.25, 0.3) is 21.8 Å². The van der Waals surface area contributed by atoms with Crippen molar-refractivity contribution in [2.45, 2.75) is 20.0 Å². The number of hydrogen-bond acceptors (Lipinski definition) is 4. The van der Waals surface area contributed by atoms with Crippen molar-refractivity contribution in [2.75, 3.05) is 5.73 Å². The lowest BCUT2D eigenvalue weighted by molar-refractivity contribution is 0.0951. The second kappa shape index (κ2) is 6.48. The van der Waals surface area contributed by atoms with Gasteiger partial charge >= 0.3 is 0 Å². The summed E-state index contributed by atoms with van der Waals surface area (Å²) in [5.41, 5.74) is 9.10. The minimum absolute atomic E-state index is 0.0931. The van der Waals surface area contributed by atoms with Gasteiger partial charge in [-0.3, -0.25) is 4.79 Å². The summed E-state index contributed by atoms with van der Waals surface area (Å²) in [4.78, 5) is 20.7. The Balaban J connectivity index is 1.52. The third-order valence-corrected chi connectivity index (χ3v) is 4.49. The van der Waals surface area contributed by atoms with Gasteiger partial charge < -0.3 is 15.6 Å². The zero-order valence-electron chi connectivity index (χ0n) is 14.4. The molecule has 0 radical (unpaired) electrons. The van der Waals surface area contributed by atoms with Crippen LogP contribution in [-0.4, -0.2) is 20.4 Å². The highest BCUT2D eigenvalue weighted by atomic mass is 16.1. The normalized spacial score (nSPS) is 11.1. The molecule has 2 aromatic carbocycles. The molecule has 26 heavy (non-hydrogen) atoms. The molecule has 1 amide bonds. The maximum atomic E-state index is 12.5. The molecular weight excluding hydrogens is 326 g/mol. The second-order valence-electron chi connectivity index (χ2n) is 6.18. The molecule has 0 saturated carbocycles. The number of anilines is 1. The van der Waals surface area contributed by atoms with Crippen LogP contribution in [-0.2, 0) is 13.1 Å². The summed E-state index contributed by atoms with van der Waals surface area (Å²) < 4.78 is 2.13. The zero-order valence-corrected chi connectivity index (χ0v) is 14.4. The lowest BCUT2D eigenvalue weighted by Gasteiger charge is -2.08. The Hall–Kier alpha value is -3.41. The number of benzene rings is 2. The number of carbonyl (C=O) groups excluding carboxylic acids is 1. The molecule has 6 nitrogen and oxygen atoms in total. The number of nitrogen functional groups attached to an aromatic ring is 1. The topological polar surface area (TPSA) is 85.8 Å². The summed E-state index contributed by atoms with van der Waals surface area (Å²) >= 11 is 0. The highest BCUT2D eigenvalue weighted by Crippen LogP contribution is 2.18. The molecule has 0 fully saturated rings. The van der Waals surface area contributed by atoms with Crippen LogP contribution < -0.4 is 11.1 Å². The van der Waals surface area contributed by atoms with Crippen LogP contribution in [0.1, 0.15) is 22.8 Å². The second-order valence-corrected chi connectivity index (χ2v) is 6.18. The van der Waals surface area contributed by atoms with Crippen molar-refractivity contribution in [1.82, 2.24) is 19.9 Å². The van der Waals surface area contributed by atoms with E-state index < -0.39 is 0 Å². The summed E-state index contributed by atoms with van der Waals surface area (Å²) in [6.45, 7) is 3.40. The molecule has 3 N–H and O–H groups in total. The molecule has 0 saturated heterocycles. The van der Waals surface area contributed by atoms with E-state index >= 15 is 0 Å². The summed E-state index contributed by atoms with van der Waals surface area (Å²) in [7, 11) is 0. The molecule has 2 aromatic heterocycles. The summed E-state index contributed by atoms with van der Waals surface area (Å²) in [6.07, 6.45) is 3.73. The lowest BCUT2D eigenvalue weighted by atomic mass is 10.1. The van der Waals surface area contributed by atoms with Crippen molar-refractivity contribution in [2.24, 2.45) is 0 Å². The predicted octanol–water partition coefficient (Wildman–Crippen LogP) is 3.12. The van der Waals surface area contributed by atoms with E-state index in [0.29, 0.717) is 12.1 Å². The first-order valence-electron chi connectivity index (χ1n) is 8.52. The first-order chi connectivity index (χ1) is 12.6. The number of nitrogens with one attached hydrogen (secondary N) is 1. The van der Waals surface area contributed by atoms with E-state index in [4.69, 9.17) is 5.73 Å². The van der Waals surface area contributed by atoms with Crippen molar-refractivity contribution < 1.29 is 4.79 Å². The van der Waals surface area contributed by atoms with Gasteiger partial charge in [0, 0.05) is 41.9 Å². The summed E-state index contributed by atoms with van der Waals surface area (Å²) in [6, 6.07) is 13.6. The first-order valence-corrected chi connectivity index (χ1v) is 8.52. The lowest BCUT2D eigenvalue weighted by Crippen LogP contribution is -2.22. The number of carbonyl (C=O) groups is 1. The Morgan fingerprint density at radius 2 is 2.04 bits per heavy atom. The quantitative estimate of drug-likeness (QED) is 0.595. The van der Waals surface area contributed by atoms with E-state index in [2.05, 4.69) is 32.8 Å². The molecule has 4 rings (SSSR count). The smallest absolute Gasteiger partial charge is 0.251 e.